The van der Waals surface area contributed by atoms with Crippen molar-refractivity contribution in [3.05, 3.63) is 0 Å². The van der Waals surface area contributed by atoms with Gasteiger partial charge in [0.15, 0.2) is 22.4 Å². The summed E-state index contributed by atoms with van der Waals surface area (Å²) in [6.07, 6.45) is 0.734. The lowest BCUT2D eigenvalue weighted by molar-refractivity contribution is -0.304. The van der Waals surface area contributed by atoms with Gasteiger partial charge < -0.3 is 23.1 Å². The van der Waals surface area contributed by atoms with Crippen molar-refractivity contribution in [2.24, 2.45) is 23.7 Å². The van der Waals surface area contributed by atoms with Crippen molar-refractivity contribution in [2.45, 2.75) is 143 Å². The van der Waals surface area contributed by atoms with E-state index in [1.165, 1.54) is 0 Å². The summed E-state index contributed by atoms with van der Waals surface area (Å²) < 4.78 is 26.6. The van der Waals surface area contributed by atoms with Crippen LogP contribution >= 0.6 is 0 Å². The van der Waals surface area contributed by atoms with Crippen LogP contribution in [0.1, 0.15) is 83.1 Å². The van der Waals surface area contributed by atoms with Gasteiger partial charge in [-0.05, 0) is 50.1 Å². The molecule has 208 valence electrons. The average Bonchev–Trinajstić information content (AvgIpc) is 2.68. The molecule has 0 amide bonds. The van der Waals surface area contributed by atoms with Gasteiger partial charge in [0.1, 0.15) is 6.29 Å². The molecule has 1 heterocycles. The molecule has 1 saturated heterocycles. The molecule has 0 bridgehead atoms. The Labute approximate surface area is 219 Å². The van der Waals surface area contributed by atoms with Gasteiger partial charge in [0, 0.05) is 23.7 Å². The van der Waals surface area contributed by atoms with E-state index in [-0.39, 0.29) is 52.1 Å². The summed E-state index contributed by atoms with van der Waals surface area (Å²) in [5.74, 6) is -0.458. The Morgan fingerprint density at radius 3 is 1.71 bits per heavy atom. The molecule has 0 aromatic rings. The molecule has 7 atom stereocenters. The molecule has 1 rings (SSSR count). The van der Waals surface area contributed by atoms with Crippen molar-refractivity contribution < 1.29 is 23.1 Å². The molecule has 35 heavy (non-hydrogen) atoms. The topological polar surface area (TPSA) is 54.0 Å². The molecule has 0 aromatic heterocycles. The largest absolute Gasteiger partial charge is 0.413 e. The third-order valence-electron chi connectivity index (χ3n) is 8.95. The van der Waals surface area contributed by atoms with Gasteiger partial charge in [0.2, 0.25) is 0 Å². The van der Waals surface area contributed by atoms with Crippen molar-refractivity contribution in [1.29, 1.82) is 0 Å². The minimum absolute atomic E-state index is 0.00368. The Morgan fingerprint density at radius 2 is 1.31 bits per heavy atom. The molecule has 7 heteroatoms. The lowest BCUT2D eigenvalue weighted by Crippen LogP contribution is -2.57. The molecule has 0 radical (unpaired) electrons. The number of carbonyl (C=O) groups excluding carboxylic acids is 1. The summed E-state index contributed by atoms with van der Waals surface area (Å²) >= 11 is 0. The first-order valence-corrected chi connectivity index (χ1v) is 19.4. The molecule has 1 fully saturated rings. The van der Waals surface area contributed by atoms with Crippen LogP contribution in [0.5, 0.6) is 0 Å². The summed E-state index contributed by atoms with van der Waals surface area (Å²) in [5, 5.41) is 0.121. The minimum Gasteiger partial charge on any atom is -0.413 e. The Bertz CT molecular complexity index is 692. The van der Waals surface area contributed by atoms with Crippen molar-refractivity contribution in [3.8, 4) is 0 Å². The first-order valence-electron chi connectivity index (χ1n) is 13.6. The van der Waals surface area contributed by atoms with Crippen LogP contribution in [0.4, 0.5) is 0 Å². The first kappa shape index (κ1) is 33.0. The zero-order valence-corrected chi connectivity index (χ0v) is 27.9. The van der Waals surface area contributed by atoms with Crippen LogP contribution < -0.4 is 0 Å². The van der Waals surface area contributed by atoms with Gasteiger partial charge in [-0.1, -0.05) is 69.2 Å². The molecule has 0 N–H and O–H groups in total. The van der Waals surface area contributed by atoms with Crippen LogP contribution in [-0.4, -0.2) is 53.6 Å². The van der Waals surface area contributed by atoms with Crippen LogP contribution in [0.15, 0.2) is 0 Å². The molecule has 0 saturated carbocycles. The lowest BCUT2D eigenvalue weighted by Gasteiger charge is -2.50. The Balaban J connectivity index is 3.51. The van der Waals surface area contributed by atoms with E-state index in [2.05, 4.69) is 88.5 Å². The summed E-state index contributed by atoms with van der Waals surface area (Å²) in [4.78, 5) is 12.1. The first-order chi connectivity index (χ1) is 15.5. The maximum absolute atomic E-state index is 12.1. The van der Waals surface area contributed by atoms with Crippen LogP contribution in [0.25, 0.3) is 0 Å². The zero-order chi connectivity index (χ0) is 27.8. The highest BCUT2D eigenvalue weighted by Crippen LogP contribution is 2.44. The van der Waals surface area contributed by atoms with Gasteiger partial charge in [-0.2, -0.15) is 0 Å². The molecular formula is C28H58O5Si2. The number of rotatable bonds is 10. The molecular weight excluding hydrogens is 472 g/mol. The summed E-state index contributed by atoms with van der Waals surface area (Å²) in [5.41, 5.74) is 0. The molecule has 0 spiro atoms. The number of hydrogen-bond donors (Lipinski definition) is 0. The predicted molar refractivity (Wildman–Crippen MR) is 152 cm³/mol. The Hall–Kier alpha value is -0.0562. The van der Waals surface area contributed by atoms with E-state index >= 15 is 0 Å². The SMILES string of the molecule is C[C@H]([C@H](O[Si](C)(C)C(C)(C)C)[C@H](C)[C@@H](O[Si](C)(C)C(C)(C)C)[C@@H](C)C=O)[C@@H]1OC(C)(C)OC[C@H]1C. The smallest absolute Gasteiger partial charge is 0.192 e. The number of carbonyl (C=O) groups is 1. The van der Waals surface area contributed by atoms with E-state index in [0.29, 0.717) is 6.61 Å². The molecule has 5 nitrogen and oxygen atoms in total. The zero-order valence-electron chi connectivity index (χ0n) is 25.9. The van der Waals surface area contributed by atoms with Crippen molar-refractivity contribution >= 4 is 22.9 Å². The fraction of sp³-hybridized carbons (Fsp3) is 0.964. The van der Waals surface area contributed by atoms with Gasteiger partial charge in [0.25, 0.3) is 0 Å². The molecule has 0 aromatic carbocycles. The highest BCUT2D eigenvalue weighted by atomic mass is 28.4. The Kier molecular flexibility index (Phi) is 10.7. The maximum Gasteiger partial charge on any atom is 0.192 e. The fourth-order valence-electron chi connectivity index (χ4n) is 4.40. The van der Waals surface area contributed by atoms with Crippen LogP contribution in [0, 0.1) is 23.7 Å². The van der Waals surface area contributed by atoms with Crippen LogP contribution in [-0.2, 0) is 23.1 Å². The number of aldehydes is 1. The average molecular weight is 531 g/mol. The maximum atomic E-state index is 12.1. The highest BCUT2D eigenvalue weighted by molar-refractivity contribution is 6.74. The molecule has 1 aliphatic heterocycles. The fourth-order valence-corrected chi connectivity index (χ4v) is 7.33. The summed E-state index contributed by atoms with van der Waals surface area (Å²) in [6.45, 7) is 36.0. The standard InChI is InChI=1S/C28H58O5Si2/c1-19(17-29)24(32-34(13,14)26(5,6)7)22(4)25(33-35(15,16)27(8,9)10)21(3)23-20(2)18-30-28(11,12)31-23/h17,19-25H,18H2,1-16H3/t19-,20+,21-,22+,23+,24-,25-/m0/s1. The van der Waals surface area contributed by atoms with Crippen molar-refractivity contribution in [1.82, 2.24) is 0 Å². The molecule has 1 aliphatic rings. The lowest BCUT2D eigenvalue weighted by atomic mass is 9.79. The number of hydrogen-bond acceptors (Lipinski definition) is 5. The second-order valence-electron chi connectivity index (χ2n) is 14.7. The third-order valence-corrected chi connectivity index (χ3v) is 17.9. The van der Waals surface area contributed by atoms with Crippen LogP contribution in [0.3, 0.4) is 0 Å². The normalized spacial score (nSPS) is 26.5. The Morgan fingerprint density at radius 1 is 0.886 bits per heavy atom. The second kappa shape index (κ2) is 11.4. The minimum atomic E-state index is -2.12. The van der Waals surface area contributed by atoms with E-state index in [4.69, 9.17) is 18.3 Å². The highest BCUT2D eigenvalue weighted by Gasteiger charge is 2.49. The predicted octanol–water partition coefficient (Wildman–Crippen LogP) is 7.66. The van der Waals surface area contributed by atoms with Gasteiger partial charge >= 0.3 is 0 Å². The van der Waals surface area contributed by atoms with Crippen LogP contribution in [0.2, 0.25) is 36.3 Å². The molecule has 0 unspecified atom stereocenters. The third kappa shape index (κ3) is 8.21. The van der Waals surface area contributed by atoms with E-state index < -0.39 is 22.4 Å². The van der Waals surface area contributed by atoms with E-state index in [1.807, 2.05) is 20.8 Å². The van der Waals surface area contributed by atoms with Gasteiger partial charge in [-0.3, -0.25) is 0 Å². The van der Waals surface area contributed by atoms with Gasteiger partial charge in [0.05, 0.1) is 24.9 Å². The second-order valence-corrected chi connectivity index (χ2v) is 24.2. The quantitative estimate of drug-likeness (QED) is 0.214. The molecule has 0 aliphatic carbocycles. The van der Waals surface area contributed by atoms with E-state index in [9.17, 15) is 4.79 Å². The van der Waals surface area contributed by atoms with E-state index in [0.717, 1.165) is 6.29 Å². The van der Waals surface area contributed by atoms with Crippen molar-refractivity contribution in [2.75, 3.05) is 6.61 Å². The monoisotopic (exact) mass is 530 g/mol. The van der Waals surface area contributed by atoms with Gasteiger partial charge in [-0.25, -0.2) is 0 Å². The summed E-state index contributed by atoms with van der Waals surface area (Å²) in [7, 11) is -4.24. The number of ether oxygens (including phenoxy) is 2. The van der Waals surface area contributed by atoms with Crippen molar-refractivity contribution in [3.63, 3.8) is 0 Å². The van der Waals surface area contributed by atoms with E-state index in [1.54, 1.807) is 0 Å². The summed E-state index contributed by atoms with van der Waals surface area (Å²) in [6, 6.07) is 0. The van der Waals surface area contributed by atoms with Gasteiger partial charge in [-0.15, -0.1) is 0 Å².